The molecule has 0 radical (unpaired) electrons. The summed E-state index contributed by atoms with van der Waals surface area (Å²) in [5.74, 6) is -0.471. The van der Waals surface area contributed by atoms with Gasteiger partial charge in [-0.1, -0.05) is 62.7 Å². The summed E-state index contributed by atoms with van der Waals surface area (Å²) in [6, 6.07) is 11.8. The largest absolute Gasteiger partial charge is 0.354 e. The first kappa shape index (κ1) is 28.7. The van der Waals surface area contributed by atoms with E-state index in [9.17, 15) is 18.0 Å². The number of aryl methyl sites for hydroxylation is 1. The van der Waals surface area contributed by atoms with Crippen LogP contribution in [0.25, 0.3) is 0 Å². The van der Waals surface area contributed by atoms with E-state index in [1.165, 1.54) is 4.90 Å². The van der Waals surface area contributed by atoms with Crippen LogP contribution >= 0.6 is 11.6 Å². The van der Waals surface area contributed by atoms with Crippen molar-refractivity contribution >= 4 is 39.1 Å². The van der Waals surface area contributed by atoms with E-state index in [-0.39, 0.29) is 18.4 Å². The Balaban J connectivity index is 2.48. The van der Waals surface area contributed by atoms with Gasteiger partial charge in [-0.25, -0.2) is 8.42 Å². The number of nitrogens with one attached hydrogen (secondary N) is 1. The van der Waals surface area contributed by atoms with E-state index >= 15 is 0 Å². The number of carbonyl (C=O) groups excluding carboxylic acids is 2. The summed E-state index contributed by atoms with van der Waals surface area (Å²) >= 11 is 6.24. The molecule has 0 aromatic heterocycles. The van der Waals surface area contributed by atoms with Gasteiger partial charge in [-0.2, -0.15) is 0 Å². The lowest BCUT2D eigenvalue weighted by molar-refractivity contribution is -0.140. The molecule has 0 saturated heterocycles. The zero-order valence-electron chi connectivity index (χ0n) is 21.3. The highest BCUT2D eigenvalue weighted by Gasteiger charge is 2.32. The number of carbonyl (C=O) groups is 2. The van der Waals surface area contributed by atoms with Gasteiger partial charge in [0, 0.05) is 18.1 Å². The van der Waals surface area contributed by atoms with Crippen LogP contribution in [0, 0.1) is 19.8 Å². The van der Waals surface area contributed by atoms with Crippen LogP contribution in [0.5, 0.6) is 0 Å². The van der Waals surface area contributed by atoms with Gasteiger partial charge in [0.15, 0.2) is 0 Å². The first-order valence-electron chi connectivity index (χ1n) is 11.7. The smallest absolute Gasteiger partial charge is 0.244 e. The number of benzene rings is 2. The topological polar surface area (TPSA) is 86.8 Å². The predicted octanol–water partition coefficient (Wildman–Crippen LogP) is 4.30. The Kier molecular flexibility index (Phi) is 10.2. The zero-order valence-corrected chi connectivity index (χ0v) is 22.9. The van der Waals surface area contributed by atoms with Crippen LogP contribution in [0.1, 0.15) is 43.9 Å². The van der Waals surface area contributed by atoms with Crippen LogP contribution in [0.4, 0.5) is 5.69 Å². The fourth-order valence-electron chi connectivity index (χ4n) is 3.77. The van der Waals surface area contributed by atoms with Gasteiger partial charge in [-0.05, 0) is 55.0 Å². The van der Waals surface area contributed by atoms with Crippen LogP contribution in [-0.4, -0.2) is 50.5 Å². The minimum Gasteiger partial charge on any atom is -0.354 e. The van der Waals surface area contributed by atoms with E-state index in [2.05, 4.69) is 5.32 Å². The number of rotatable bonds is 11. The summed E-state index contributed by atoms with van der Waals surface area (Å²) in [6.07, 6.45) is 1.44. The Bertz CT molecular complexity index is 1150. The molecule has 0 spiro atoms. The van der Waals surface area contributed by atoms with Crippen molar-refractivity contribution in [2.45, 2.75) is 53.6 Å². The molecule has 7 nitrogen and oxygen atoms in total. The molecule has 0 saturated carbocycles. The molecule has 0 unspecified atom stereocenters. The molecule has 0 fully saturated rings. The van der Waals surface area contributed by atoms with E-state index < -0.39 is 28.5 Å². The molecule has 2 rings (SSSR count). The lowest BCUT2D eigenvalue weighted by Gasteiger charge is -2.33. The first-order chi connectivity index (χ1) is 16.4. The molecule has 2 amide bonds. The van der Waals surface area contributed by atoms with Crippen molar-refractivity contribution < 1.29 is 18.0 Å². The summed E-state index contributed by atoms with van der Waals surface area (Å²) in [5, 5.41) is 3.32. The normalized spacial score (nSPS) is 12.3. The van der Waals surface area contributed by atoms with Crippen molar-refractivity contribution in [2.75, 3.05) is 23.7 Å². The average Bonchev–Trinajstić information content (AvgIpc) is 2.78. The van der Waals surface area contributed by atoms with Gasteiger partial charge in [0.25, 0.3) is 0 Å². The minimum atomic E-state index is -3.81. The standard InChI is InChI=1S/C26H36ClN3O4S/c1-7-23(26(32)28-15-18(2)3)29(16-21-12-9-8-11-19(21)4)25(31)17-30(35(6,33)34)24-14-10-13-22(27)20(24)5/h8-14,18,23H,7,15-17H2,1-6H3,(H,28,32)/t23-/m0/s1. The molecule has 0 aliphatic heterocycles. The maximum atomic E-state index is 13.7. The molecule has 0 heterocycles. The third-order valence-corrected chi connectivity index (χ3v) is 7.40. The van der Waals surface area contributed by atoms with Crippen molar-refractivity contribution in [1.82, 2.24) is 10.2 Å². The van der Waals surface area contributed by atoms with E-state index in [0.29, 0.717) is 29.2 Å². The highest BCUT2D eigenvalue weighted by molar-refractivity contribution is 7.92. The van der Waals surface area contributed by atoms with Crippen molar-refractivity contribution in [3.8, 4) is 0 Å². The molecule has 1 atom stereocenters. The molecule has 0 aliphatic carbocycles. The van der Waals surface area contributed by atoms with Crippen molar-refractivity contribution in [3.63, 3.8) is 0 Å². The summed E-state index contributed by atoms with van der Waals surface area (Å²) in [6.45, 7) is 9.70. The number of amides is 2. The number of nitrogens with zero attached hydrogens (tertiary/aromatic N) is 2. The Morgan fingerprint density at radius 3 is 2.29 bits per heavy atom. The number of halogens is 1. The fourth-order valence-corrected chi connectivity index (χ4v) is 4.84. The second-order valence-electron chi connectivity index (χ2n) is 9.16. The Morgan fingerprint density at radius 2 is 1.71 bits per heavy atom. The molecule has 192 valence electrons. The monoisotopic (exact) mass is 521 g/mol. The highest BCUT2D eigenvalue weighted by Crippen LogP contribution is 2.28. The van der Waals surface area contributed by atoms with E-state index in [0.717, 1.165) is 21.7 Å². The molecule has 35 heavy (non-hydrogen) atoms. The maximum absolute atomic E-state index is 13.7. The van der Waals surface area contributed by atoms with Gasteiger partial charge >= 0.3 is 0 Å². The Morgan fingerprint density at radius 1 is 1.06 bits per heavy atom. The highest BCUT2D eigenvalue weighted by atomic mass is 35.5. The quantitative estimate of drug-likeness (QED) is 0.477. The van der Waals surface area contributed by atoms with Crippen molar-refractivity contribution in [3.05, 3.63) is 64.2 Å². The summed E-state index contributed by atoms with van der Waals surface area (Å²) in [7, 11) is -3.81. The molecule has 0 aliphatic rings. The maximum Gasteiger partial charge on any atom is 0.244 e. The summed E-state index contributed by atoms with van der Waals surface area (Å²) in [4.78, 5) is 28.3. The summed E-state index contributed by atoms with van der Waals surface area (Å²) in [5.41, 5.74) is 2.76. The number of hydrogen-bond acceptors (Lipinski definition) is 4. The van der Waals surface area contributed by atoms with Crippen LogP contribution in [0.2, 0.25) is 5.02 Å². The Hall–Kier alpha value is -2.58. The molecule has 2 aromatic rings. The SMILES string of the molecule is CC[C@@H](C(=O)NCC(C)C)N(Cc1ccccc1C)C(=O)CN(c1cccc(Cl)c1C)S(C)(=O)=O. The van der Waals surface area contributed by atoms with Crippen molar-refractivity contribution in [1.29, 1.82) is 0 Å². The predicted molar refractivity (Wildman–Crippen MR) is 142 cm³/mol. The van der Waals surface area contributed by atoms with E-state index in [4.69, 9.17) is 11.6 Å². The second kappa shape index (κ2) is 12.4. The molecule has 2 aromatic carbocycles. The Labute approximate surface area is 214 Å². The minimum absolute atomic E-state index is 0.186. The lowest BCUT2D eigenvalue weighted by atomic mass is 10.1. The first-order valence-corrected chi connectivity index (χ1v) is 13.9. The molecular weight excluding hydrogens is 486 g/mol. The van der Waals surface area contributed by atoms with Gasteiger partial charge in [-0.15, -0.1) is 0 Å². The van der Waals surface area contributed by atoms with Gasteiger partial charge in [-0.3, -0.25) is 13.9 Å². The average molecular weight is 522 g/mol. The zero-order chi connectivity index (χ0) is 26.3. The van der Waals surface area contributed by atoms with E-state index in [1.54, 1.807) is 25.1 Å². The third kappa shape index (κ3) is 7.70. The third-order valence-electron chi connectivity index (χ3n) is 5.86. The number of hydrogen-bond donors (Lipinski definition) is 1. The van der Waals surface area contributed by atoms with Crippen LogP contribution in [0.15, 0.2) is 42.5 Å². The van der Waals surface area contributed by atoms with Gasteiger partial charge in [0.2, 0.25) is 21.8 Å². The number of anilines is 1. The van der Waals surface area contributed by atoms with E-state index in [1.807, 2.05) is 52.0 Å². The fraction of sp³-hybridized carbons (Fsp3) is 0.462. The second-order valence-corrected chi connectivity index (χ2v) is 11.5. The summed E-state index contributed by atoms with van der Waals surface area (Å²) < 4.78 is 26.6. The van der Waals surface area contributed by atoms with Crippen LogP contribution in [-0.2, 0) is 26.2 Å². The van der Waals surface area contributed by atoms with Crippen LogP contribution < -0.4 is 9.62 Å². The lowest BCUT2D eigenvalue weighted by Crippen LogP contribution is -2.52. The van der Waals surface area contributed by atoms with Gasteiger partial charge in [0.05, 0.1) is 11.9 Å². The molecule has 0 bridgehead atoms. The molecular formula is C26H36ClN3O4S. The number of sulfonamides is 1. The van der Waals surface area contributed by atoms with Gasteiger partial charge in [0.1, 0.15) is 12.6 Å². The van der Waals surface area contributed by atoms with Crippen molar-refractivity contribution in [2.24, 2.45) is 5.92 Å². The van der Waals surface area contributed by atoms with Gasteiger partial charge < -0.3 is 10.2 Å². The molecule has 1 N–H and O–H groups in total. The van der Waals surface area contributed by atoms with Crippen LogP contribution in [0.3, 0.4) is 0 Å². The molecule has 9 heteroatoms.